The van der Waals surface area contributed by atoms with Gasteiger partial charge in [-0.1, -0.05) is 35.2 Å². The molecule has 1 aromatic heterocycles. The minimum Gasteiger partial charge on any atom is -0.493 e. The van der Waals surface area contributed by atoms with Crippen LogP contribution >= 0.6 is 35.3 Å². The van der Waals surface area contributed by atoms with Gasteiger partial charge in [0, 0.05) is 24.1 Å². The molecule has 7 heteroatoms. The smallest absolute Gasteiger partial charge is 0.214 e. The summed E-state index contributed by atoms with van der Waals surface area (Å²) in [5, 5.41) is 11.1. The molecule has 0 amide bonds. The van der Waals surface area contributed by atoms with E-state index in [4.69, 9.17) is 12.2 Å². The molecule has 1 aliphatic heterocycles. The van der Waals surface area contributed by atoms with Gasteiger partial charge in [0.2, 0.25) is 11.7 Å². The highest BCUT2D eigenvalue weighted by Crippen LogP contribution is 2.45. The third-order valence-electron chi connectivity index (χ3n) is 3.62. The molecule has 120 valence electrons. The molecule has 1 N–H and O–H groups in total. The molecule has 0 atom stereocenters. The number of benzene rings is 1. The summed E-state index contributed by atoms with van der Waals surface area (Å²) >= 11 is 7.92. The second-order valence-electron chi connectivity index (χ2n) is 4.93. The number of carbonyl (C=O) groups excluding carboxylic acids is 1. The van der Waals surface area contributed by atoms with Crippen LogP contribution < -0.4 is 4.90 Å². The Balaban J connectivity index is 1.96. The van der Waals surface area contributed by atoms with Crippen LogP contribution in [0.4, 0.5) is 5.69 Å². The molecule has 2 aromatic rings. The van der Waals surface area contributed by atoms with Crippen molar-refractivity contribution < 1.29 is 9.90 Å². The lowest BCUT2D eigenvalue weighted by atomic mass is 10.3. The zero-order valence-corrected chi connectivity index (χ0v) is 15.2. The molecule has 0 spiro atoms. The highest BCUT2D eigenvalue weighted by Gasteiger charge is 2.25. The molecular formula is C16H16N2O2S3. The zero-order valence-electron chi connectivity index (χ0n) is 12.8. The van der Waals surface area contributed by atoms with Crippen LogP contribution in [-0.4, -0.2) is 22.0 Å². The van der Waals surface area contributed by atoms with E-state index in [0.717, 1.165) is 33.5 Å². The van der Waals surface area contributed by atoms with Gasteiger partial charge < -0.3 is 10.0 Å². The van der Waals surface area contributed by atoms with Gasteiger partial charge in [-0.05, 0) is 38.2 Å². The van der Waals surface area contributed by atoms with Crippen LogP contribution in [0.5, 0.6) is 5.88 Å². The lowest BCUT2D eigenvalue weighted by molar-refractivity contribution is 0.104. The molecule has 23 heavy (non-hydrogen) atoms. The summed E-state index contributed by atoms with van der Waals surface area (Å²) in [6.07, 6.45) is 1.59. The van der Waals surface area contributed by atoms with Crippen LogP contribution in [0.25, 0.3) is 0 Å². The van der Waals surface area contributed by atoms with Crippen LogP contribution in [0.3, 0.4) is 0 Å². The Morgan fingerprint density at radius 1 is 1.30 bits per heavy atom. The fraction of sp³-hybridized carbons (Fsp3) is 0.250. The highest BCUT2D eigenvalue weighted by atomic mass is 32.2. The monoisotopic (exact) mass is 364 g/mol. The summed E-state index contributed by atoms with van der Waals surface area (Å²) < 4.78 is 2.08. The van der Waals surface area contributed by atoms with Gasteiger partial charge in [-0.15, -0.1) is 0 Å². The maximum atomic E-state index is 12.6. The summed E-state index contributed by atoms with van der Waals surface area (Å²) in [6, 6.07) is 8.07. The first-order chi connectivity index (χ1) is 11.1. The van der Waals surface area contributed by atoms with Gasteiger partial charge in [-0.25, -0.2) is 0 Å². The van der Waals surface area contributed by atoms with E-state index in [1.807, 2.05) is 31.2 Å². The maximum Gasteiger partial charge on any atom is 0.214 e. The minimum absolute atomic E-state index is 0.0343. The molecule has 0 unspecified atom stereocenters. The number of ketones is 1. The Labute approximate surface area is 148 Å². The molecular weight excluding hydrogens is 348 g/mol. The van der Waals surface area contributed by atoms with E-state index in [-0.39, 0.29) is 11.7 Å². The van der Waals surface area contributed by atoms with Gasteiger partial charge in [0.05, 0.1) is 10.7 Å². The maximum absolute atomic E-state index is 12.6. The molecule has 3 rings (SSSR count). The first-order valence-corrected chi connectivity index (χ1v) is 9.34. The second-order valence-corrected chi connectivity index (χ2v) is 7.63. The van der Waals surface area contributed by atoms with Gasteiger partial charge >= 0.3 is 0 Å². The van der Waals surface area contributed by atoms with Crippen molar-refractivity contribution in [2.24, 2.45) is 0 Å². The third-order valence-corrected chi connectivity index (χ3v) is 6.18. The summed E-state index contributed by atoms with van der Waals surface area (Å²) in [7, 11) is 0. The van der Waals surface area contributed by atoms with Gasteiger partial charge in [0.15, 0.2) is 3.95 Å². The molecule has 0 saturated carbocycles. The summed E-state index contributed by atoms with van der Waals surface area (Å²) in [4.78, 5) is 16.1. The number of fused-ring (bicyclic) bond motifs is 1. The highest BCUT2D eigenvalue weighted by molar-refractivity contribution is 8.03. The lowest BCUT2D eigenvalue weighted by Gasteiger charge is -2.17. The Morgan fingerprint density at radius 2 is 2.04 bits per heavy atom. The number of thiazole rings is 1. The molecule has 0 radical (unpaired) electrons. The Hall–Kier alpha value is -1.57. The average molecular weight is 365 g/mol. The van der Waals surface area contributed by atoms with E-state index in [2.05, 4.69) is 11.8 Å². The Kier molecular flexibility index (Phi) is 4.61. The van der Waals surface area contributed by atoms with E-state index in [9.17, 15) is 9.90 Å². The first kappa shape index (κ1) is 16.3. The number of nitrogens with zero attached hydrogens (tertiary/aromatic N) is 2. The second kappa shape index (κ2) is 6.51. The van der Waals surface area contributed by atoms with Crippen LogP contribution in [-0.2, 0) is 6.54 Å². The molecule has 2 heterocycles. The minimum atomic E-state index is -0.209. The van der Waals surface area contributed by atoms with E-state index in [1.54, 1.807) is 22.4 Å². The average Bonchev–Trinajstić information content (AvgIpc) is 3.03. The quantitative estimate of drug-likeness (QED) is 0.486. The number of para-hydroxylation sites is 1. The van der Waals surface area contributed by atoms with Crippen molar-refractivity contribution in [2.45, 2.75) is 25.3 Å². The summed E-state index contributed by atoms with van der Waals surface area (Å²) in [5.41, 5.74) is 1.11. The number of anilines is 1. The number of hydrogen-bond donors (Lipinski definition) is 1. The number of thioether (sulfide) groups is 1. The number of allylic oxidation sites excluding steroid dienone is 1. The standard InChI is InChI=1S/C16H16N2O2S3/c1-3-17-10-7-5-6-8-12(10)22-13(17)9-11(19)14-15(20)18(4-2)16(21)23-14/h5-9,20H,3-4H2,1-2H3/b13-9+. The third kappa shape index (κ3) is 2.84. The first-order valence-electron chi connectivity index (χ1n) is 7.29. The van der Waals surface area contributed by atoms with Crippen molar-refractivity contribution in [3.63, 3.8) is 0 Å². The van der Waals surface area contributed by atoms with Crippen LogP contribution in [0.2, 0.25) is 0 Å². The van der Waals surface area contributed by atoms with Crippen LogP contribution in [0.1, 0.15) is 23.5 Å². The van der Waals surface area contributed by atoms with E-state index in [0.29, 0.717) is 15.4 Å². The number of aromatic nitrogens is 1. The van der Waals surface area contributed by atoms with Crippen molar-refractivity contribution in [3.8, 4) is 5.88 Å². The number of carbonyl (C=O) groups is 1. The molecule has 1 aliphatic rings. The number of aromatic hydroxyl groups is 1. The Morgan fingerprint density at radius 3 is 2.70 bits per heavy atom. The van der Waals surface area contributed by atoms with Crippen LogP contribution in [0, 0.1) is 3.95 Å². The fourth-order valence-corrected chi connectivity index (χ4v) is 4.99. The van der Waals surface area contributed by atoms with Crippen molar-refractivity contribution in [3.05, 3.63) is 44.2 Å². The van der Waals surface area contributed by atoms with Gasteiger partial charge in [-0.2, -0.15) is 0 Å². The van der Waals surface area contributed by atoms with Gasteiger partial charge in [0.1, 0.15) is 4.88 Å². The summed E-state index contributed by atoms with van der Waals surface area (Å²) in [5.74, 6) is -0.243. The predicted octanol–water partition coefficient (Wildman–Crippen LogP) is 4.66. The molecule has 0 aliphatic carbocycles. The summed E-state index contributed by atoms with van der Waals surface area (Å²) in [6.45, 7) is 5.26. The van der Waals surface area contributed by atoms with Gasteiger partial charge in [-0.3, -0.25) is 9.36 Å². The predicted molar refractivity (Wildman–Crippen MR) is 98.2 cm³/mol. The van der Waals surface area contributed by atoms with Crippen molar-refractivity contribution in [1.29, 1.82) is 0 Å². The molecule has 4 nitrogen and oxygen atoms in total. The SMILES string of the molecule is CCN1/C(=C\C(=O)c2sc(=S)n(CC)c2O)Sc2ccccc21. The fourth-order valence-electron chi connectivity index (χ4n) is 2.50. The molecule has 0 bridgehead atoms. The normalized spacial score (nSPS) is 15.2. The van der Waals surface area contributed by atoms with Crippen LogP contribution in [0.15, 0.2) is 40.3 Å². The number of hydrogen-bond acceptors (Lipinski definition) is 6. The van der Waals surface area contributed by atoms with E-state index < -0.39 is 0 Å². The van der Waals surface area contributed by atoms with E-state index >= 15 is 0 Å². The molecule has 0 fully saturated rings. The van der Waals surface area contributed by atoms with E-state index in [1.165, 1.54) is 0 Å². The molecule has 0 saturated heterocycles. The van der Waals surface area contributed by atoms with Crippen molar-refractivity contribution >= 4 is 46.8 Å². The lowest BCUT2D eigenvalue weighted by Crippen LogP contribution is -2.17. The zero-order chi connectivity index (χ0) is 16.6. The number of rotatable bonds is 4. The largest absolute Gasteiger partial charge is 0.493 e. The topological polar surface area (TPSA) is 45.5 Å². The molecule has 1 aromatic carbocycles. The van der Waals surface area contributed by atoms with Crippen molar-refractivity contribution in [2.75, 3.05) is 11.4 Å². The van der Waals surface area contributed by atoms with Crippen molar-refractivity contribution in [1.82, 2.24) is 4.57 Å². The Bertz CT molecular complexity index is 851. The van der Waals surface area contributed by atoms with Gasteiger partial charge in [0.25, 0.3) is 0 Å².